The average Bonchev–Trinajstić information content (AvgIpc) is 3.15. The summed E-state index contributed by atoms with van der Waals surface area (Å²) in [6, 6.07) is 0. The monoisotopic (exact) mass is 384 g/mol. The van der Waals surface area contributed by atoms with E-state index in [1.165, 1.54) is 0 Å². The molecule has 7 heteroatoms. The molecule has 3 unspecified atom stereocenters. The van der Waals surface area contributed by atoms with Crippen LogP contribution in [0.4, 0.5) is 4.79 Å². The molecule has 1 aromatic heterocycles. The topological polar surface area (TPSA) is 98.4 Å². The van der Waals surface area contributed by atoms with E-state index in [1.54, 1.807) is 4.90 Å². The number of nitrogens with zero attached hydrogens (tertiary/aromatic N) is 3. The minimum atomic E-state index is -0.346. The highest BCUT2D eigenvalue weighted by Gasteiger charge is 2.59. The molecule has 28 heavy (non-hydrogen) atoms. The van der Waals surface area contributed by atoms with E-state index >= 15 is 0 Å². The zero-order valence-corrected chi connectivity index (χ0v) is 16.3. The molecule has 2 amide bonds. The number of rotatable bonds is 3. The lowest BCUT2D eigenvalue weighted by Gasteiger charge is -2.58. The Kier molecular flexibility index (Phi) is 4.10. The third kappa shape index (κ3) is 2.86. The summed E-state index contributed by atoms with van der Waals surface area (Å²) in [6.07, 6.45) is 8.85. The smallest absolute Gasteiger partial charge is 0.410 e. The first-order valence-electron chi connectivity index (χ1n) is 10.5. The van der Waals surface area contributed by atoms with Crippen molar-refractivity contribution in [2.45, 2.75) is 57.5 Å². The Labute approximate surface area is 165 Å². The molecule has 1 saturated heterocycles. The second-order valence-electron chi connectivity index (χ2n) is 9.51. The molecule has 5 aliphatic rings. The molecule has 7 nitrogen and oxygen atoms in total. The minimum Gasteiger partial charge on any atom is -0.446 e. The van der Waals surface area contributed by atoms with Crippen molar-refractivity contribution in [3.8, 4) is 0 Å². The van der Waals surface area contributed by atoms with Crippen molar-refractivity contribution in [2.24, 2.45) is 28.9 Å². The average molecular weight is 384 g/mol. The quantitative estimate of drug-likeness (QED) is 0.863. The molecule has 4 saturated carbocycles. The number of ether oxygens (including phenoxy) is 1. The predicted octanol–water partition coefficient (Wildman–Crippen LogP) is 2.39. The van der Waals surface area contributed by atoms with E-state index < -0.39 is 0 Å². The molecule has 0 radical (unpaired) electrons. The zero-order valence-electron chi connectivity index (χ0n) is 16.3. The lowest BCUT2D eigenvalue weighted by Crippen LogP contribution is -2.59. The van der Waals surface area contributed by atoms with Crippen molar-refractivity contribution in [2.75, 3.05) is 13.1 Å². The molecular formula is C21H28N4O3. The van der Waals surface area contributed by atoms with E-state index in [2.05, 4.69) is 9.97 Å². The Morgan fingerprint density at radius 3 is 2.50 bits per heavy atom. The van der Waals surface area contributed by atoms with Crippen LogP contribution in [0.3, 0.4) is 0 Å². The van der Waals surface area contributed by atoms with Gasteiger partial charge in [0.05, 0.1) is 5.41 Å². The summed E-state index contributed by atoms with van der Waals surface area (Å²) in [5, 5.41) is 0. The fourth-order valence-corrected chi connectivity index (χ4v) is 6.41. The van der Waals surface area contributed by atoms with Crippen molar-refractivity contribution >= 4 is 12.0 Å². The van der Waals surface area contributed by atoms with Crippen molar-refractivity contribution in [1.82, 2.24) is 14.9 Å². The molecule has 2 heterocycles. The highest BCUT2D eigenvalue weighted by atomic mass is 16.6. The summed E-state index contributed by atoms with van der Waals surface area (Å²) in [6.45, 7) is 3.25. The number of likely N-dealkylation sites (tertiary alicyclic amines) is 1. The van der Waals surface area contributed by atoms with Gasteiger partial charge in [0, 0.05) is 31.4 Å². The fraction of sp³-hybridized carbons (Fsp3) is 0.714. The second kappa shape index (κ2) is 6.42. The highest BCUT2D eigenvalue weighted by Crippen LogP contribution is 2.60. The number of carbonyl (C=O) groups excluding carboxylic acids is 2. The van der Waals surface area contributed by atoms with Gasteiger partial charge < -0.3 is 15.4 Å². The Balaban J connectivity index is 1.23. The first kappa shape index (κ1) is 17.9. The summed E-state index contributed by atoms with van der Waals surface area (Å²) in [5.74, 6) is 1.94. The zero-order chi connectivity index (χ0) is 19.5. The molecule has 1 aliphatic heterocycles. The van der Waals surface area contributed by atoms with E-state index in [1.807, 2.05) is 19.3 Å². The Bertz CT molecular complexity index is 779. The van der Waals surface area contributed by atoms with Gasteiger partial charge in [-0.2, -0.15) is 0 Å². The van der Waals surface area contributed by atoms with Gasteiger partial charge in [0.2, 0.25) is 5.91 Å². The third-order valence-corrected chi connectivity index (χ3v) is 7.56. The molecule has 6 rings (SSSR count). The van der Waals surface area contributed by atoms with Gasteiger partial charge in [0.25, 0.3) is 0 Å². The Hall–Kier alpha value is -2.18. The number of hydrogen-bond donors (Lipinski definition) is 1. The lowest BCUT2D eigenvalue weighted by molar-refractivity contribution is -0.161. The predicted molar refractivity (Wildman–Crippen MR) is 101 cm³/mol. The van der Waals surface area contributed by atoms with Crippen LogP contribution in [0.1, 0.15) is 55.8 Å². The van der Waals surface area contributed by atoms with Gasteiger partial charge in [-0.15, -0.1) is 0 Å². The van der Waals surface area contributed by atoms with Crippen LogP contribution >= 0.6 is 0 Å². The van der Waals surface area contributed by atoms with Crippen LogP contribution in [-0.4, -0.2) is 46.1 Å². The SMILES string of the molecule is Cc1cnc(C2CCN(C(=O)OC3C4CC5CC3CC(C(N)=O)(C5)C4)C2)nc1. The van der Waals surface area contributed by atoms with Gasteiger partial charge in [0.15, 0.2) is 0 Å². The number of aryl methyl sites for hydroxylation is 1. The molecule has 0 aromatic carbocycles. The van der Waals surface area contributed by atoms with Crippen molar-refractivity contribution < 1.29 is 14.3 Å². The van der Waals surface area contributed by atoms with Gasteiger partial charge in [-0.25, -0.2) is 14.8 Å². The lowest BCUT2D eigenvalue weighted by atomic mass is 9.48. The standard InChI is InChI=1S/C21H28N4O3/c1-12-9-23-18(24-10-12)14-2-3-25(11-14)20(27)28-17-15-4-13-5-16(17)8-21(6-13,7-15)19(22)26/h9-10,13-17H,2-8,11H2,1H3,(H2,22,26). The molecule has 2 N–H and O–H groups in total. The second-order valence-corrected chi connectivity index (χ2v) is 9.51. The highest BCUT2D eigenvalue weighted by molar-refractivity contribution is 5.81. The van der Waals surface area contributed by atoms with Gasteiger partial charge in [-0.05, 0) is 68.8 Å². The molecule has 4 bridgehead atoms. The first-order chi connectivity index (χ1) is 13.4. The summed E-state index contributed by atoms with van der Waals surface area (Å²) < 4.78 is 6.03. The largest absolute Gasteiger partial charge is 0.446 e. The van der Waals surface area contributed by atoms with Crippen molar-refractivity contribution in [3.63, 3.8) is 0 Å². The number of primary amides is 1. The summed E-state index contributed by atoms with van der Waals surface area (Å²) in [7, 11) is 0. The van der Waals surface area contributed by atoms with Crippen LogP contribution < -0.4 is 5.73 Å². The summed E-state index contributed by atoms with van der Waals surface area (Å²) in [5.41, 5.74) is 6.44. The maximum atomic E-state index is 12.9. The first-order valence-corrected chi connectivity index (χ1v) is 10.5. The van der Waals surface area contributed by atoms with Gasteiger partial charge in [0.1, 0.15) is 11.9 Å². The van der Waals surface area contributed by atoms with E-state index in [-0.39, 0.29) is 41.3 Å². The van der Waals surface area contributed by atoms with Crippen LogP contribution in [0.2, 0.25) is 0 Å². The molecular weight excluding hydrogens is 356 g/mol. The number of aromatic nitrogens is 2. The van der Waals surface area contributed by atoms with E-state index in [0.29, 0.717) is 19.0 Å². The van der Waals surface area contributed by atoms with Crippen LogP contribution in [-0.2, 0) is 9.53 Å². The van der Waals surface area contributed by atoms with Crippen molar-refractivity contribution in [3.05, 3.63) is 23.8 Å². The van der Waals surface area contributed by atoms with E-state index in [4.69, 9.17) is 10.5 Å². The van der Waals surface area contributed by atoms with E-state index in [0.717, 1.165) is 49.9 Å². The van der Waals surface area contributed by atoms with Crippen LogP contribution in [0, 0.1) is 30.1 Å². The molecule has 150 valence electrons. The van der Waals surface area contributed by atoms with Gasteiger partial charge >= 0.3 is 6.09 Å². The van der Waals surface area contributed by atoms with Gasteiger partial charge in [-0.3, -0.25) is 4.79 Å². The van der Waals surface area contributed by atoms with Crippen LogP contribution in [0.25, 0.3) is 0 Å². The number of nitrogens with two attached hydrogens (primary N) is 1. The number of hydrogen-bond acceptors (Lipinski definition) is 5. The third-order valence-electron chi connectivity index (χ3n) is 7.56. The molecule has 3 atom stereocenters. The maximum absolute atomic E-state index is 12.9. The van der Waals surface area contributed by atoms with Crippen LogP contribution in [0.5, 0.6) is 0 Å². The van der Waals surface area contributed by atoms with E-state index in [9.17, 15) is 9.59 Å². The maximum Gasteiger partial charge on any atom is 0.410 e. The normalized spacial score (nSPS) is 38.6. The Morgan fingerprint density at radius 2 is 1.86 bits per heavy atom. The molecule has 0 spiro atoms. The Morgan fingerprint density at radius 1 is 1.18 bits per heavy atom. The number of carbonyl (C=O) groups is 2. The molecule has 5 fully saturated rings. The van der Waals surface area contributed by atoms with Crippen LogP contribution in [0.15, 0.2) is 12.4 Å². The minimum absolute atomic E-state index is 0.0637. The summed E-state index contributed by atoms with van der Waals surface area (Å²) in [4.78, 5) is 35.6. The number of amides is 2. The fourth-order valence-electron chi connectivity index (χ4n) is 6.41. The van der Waals surface area contributed by atoms with Crippen molar-refractivity contribution in [1.29, 1.82) is 0 Å². The molecule has 1 aromatic rings. The summed E-state index contributed by atoms with van der Waals surface area (Å²) >= 11 is 0. The van der Waals surface area contributed by atoms with Gasteiger partial charge in [-0.1, -0.05) is 0 Å². The molecule has 4 aliphatic carbocycles.